The van der Waals surface area contributed by atoms with Crippen LogP contribution in [0.1, 0.15) is 0 Å². The monoisotopic (exact) mass is 261 g/mol. The fraction of sp³-hybridized carbons (Fsp3) is 0. The Morgan fingerprint density at radius 1 is 1.55 bits per heavy atom. The standard InChI is InChI=1S/C6H4IN3O/c7-9-4-8-10-3-1-2-5(10)6(9)11/h1-4H. The third-order valence-electron chi connectivity index (χ3n) is 1.42. The number of hydrogen-bond acceptors (Lipinski definition) is 2. The molecule has 0 amide bonds. The third-order valence-corrected chi connectivity index (χ3v) is 2.11. The van der Waals surface area contributed by atoms with Gasteiger partial charge in [0.05, 0.1) is 22.9 Å². The second-order valence-electron chi connectivity index (χ2n) is 2.09. The summed E-state index contributed by atoms with van der Waals surface area (Å²) in [6, 6.07) is 3.53. The van der Waals surface area contributed by atoms with E-state index in [2.05, 4.69) is 5.10 Å². The summed E-state index contributed by atoms with van der Waals surface area (Å²) in [7, 11) is 0. The first-order chi connectivity index (χ1) is 5.29. The first-order valence-electron chi connectivity index (χ1n) is 3.00. The Morgan fingerprint density at radius 3 is 3.18 bits per heavy atom. The fourth-order valence-corrected chi connectivity index (χ4v) is 1.26. The summed E-state index contributed by atoms with van der Waals surface area (Å²) in [6.45, 7) is 0. The van der Waals surface area contributed by atoms with Gasteiger partial charge in [-0.25, -0.2) is 7.30 Å². The van der Waals surface area contributed by atoms with Gasteiger partial charge in [-0.15, -0.1) is 0 Å². The number of nitrogens with zero attached hydrogens (tertiary/aromatic N) is 3. The van der Waals surface area contributed by atoms with Crippen LogP contribution in [-0.2, 0) is 0 Å². The fourth-order valence-electron chi connectivity index (χ4n) is 0.905. The van der Waals surface area contributed by atoms with Gasteiger partial charge in [-0.2, -0.15) is 5.10 Å². The average Bonchev–Trinajstić information content (AvgIpc) is 2.45. The number of fused-ring (bicyclic) bond motifs is 1. The zero-order valence-electron chi connectivity index (χ0n) is 5.44. The molecule has 2 aromatic rings. The molecule has 0 aliphatic carbocycles. The zero-order valence-corrected chi connectivity index (χ0v) is 7.59. The largest absolute Gasteiger partial charge is 0.286 e. The second-order valence-corrected chi connectivity index (χ2v) is 3.12. The van der Waals surface area contributed by atoms with Crippen LogP contribution in [0.2, 0.25) is 0 Å². The van der Waals surface area contributed by atoms with E-state index >= 15 is 0 Å². The van der Waals surface area contributed by atoms with Crippen LogP contribution in [0.3, 0.4) is 0 Å². The molecule has 2 heterocycles. The maximum absolute atomic E-state index is 11.3. The molecular weight excluding hydrogens is 257 g/mol. The van der Waals surface area contributed by atoms with Gasteiger partial charge in [-0.05, 0) is 12.1 Å². The zero-order chi connectivity index (χ0) is 7.84. The van der Waals surface area contributed by atoms with Crippen LogP contribution >= 0.6 is 22.9 Å². The number of rotatable bonds is 0. The van der Waals surface area contributed by atoms with Crippen molar-refractivity contribution in [3.63, 3.8) is 0 Å². The lowest BCUT2D eigenvalue weighted by Gasteiger charge is -1.93. The highest BCUT2D eigenvalue weighted by Crippen LogP contribution is 1.95. The molecule has 0 saturated carbocycles. The van der Waals surface area contributed by atoms with Crippen LogP contribution in [0.5, 0.6) is 0 Å². The van der Waals surface area contributed by atoms with Gasteiger partial charge < -0.3 is 0 Å². The van der Waals surface area contributed by atoms with E-state index in [0.29, 0.717) is 5.52 Å². The van der Waals surface area contributed by atoms with Gasteiger partial charge in [0.2, 0.25) is 0 Å². The highest BCUT2D eigenvalue weighted by molar-refractivity contribution is 14.1. The number of halogens is 1. The van der Waals surface area contributed by atoms with Gasteiger partial charge in [0.25, 0.3) is 5.56 Å². The highest BCUT2D eigenvalue weighted by Gasteiger charge is 1.98. The molecule has 0 bridgehead atoms. The van der Waals surface area contributed by atoms with Crippen LogP contribution in [0, 0.1) is 0 Å². The topological polar surface area (TPSA) is 39.3 Å². The lowest BCUT2D eigenvalue weighted by atomic mass is 10.5. The van der Waals surface area contributed by atoms with Crippen molar-refractivity contribution >= 4 is 28.4 Å². The molecule has 56 valence electrons. The lowest BCUT2D eigenvalue weighted by molar-refractivity contribution is 0.881. The Hall–Kier alpha value is -0.850. The van der Waals surface area contributed by atoms with Crippen LogP contribution in [0.25, 0.3) is 5.52 Å². The van der Waals surface area contributed by atoms with Gasteiger partial charge in [0.15, 0.2) is 0 Å². The summed E-state index contributed by atoms with van der Waals surface area (Å²) in [4.78, 5) is 11.3. The Labute approximate surface area is 75.9 Å². The molecule has 0 atom stereocenters. The molecule has 11 heavy (non-hydrogen) atoms. The quantitative estimate of drug-likeness (QED) is 0.654. The Morgan fingerprint density at radius 2 is 2.36 bits per heavy atom. The normalized spacial score (nSPS) is 10.6. The van der Waals surface area contributed by atoms with Crippen LogP contribution in [0.15, 0.2) is 29.5 Å². The van der Waals surface area contributed by atoms with Gasteiger partial charge in [0.1, 0.15) is 11.8 Å². The van der Waals surface area contributed by atoms with Crippen molar-refractivity contribution in [2.75, 3.05) is 0 Å². The number of aromatic nitrogens is 3. The molecule has 2 aromatic heterocycles. The molecule has 0 fully saturated rings. The van der Waals surface area contributed by atoms with E-state index in [4.69, 9.17) is 0 Å². The maximum Gasteiger partial charge on any atom is 0.286 e. The Kier molecular flexibility index (Phi) is 1.45. The molecule has 0 N–H and O–H groups in total. The van der Waals surface area contributed by atoms with Crippen molar-refractivity contribution < 1.29 is 0 Å². The molecule has 0 aliphatic rings. The van der Waals surface area contributed by atoms with Gasteiger partial charge in [0, 0.05) is 6.20 Å². The van der Waals surface area contributed by atoms with Crippen molar-refractivity contribution in [1.29, 1.82) is 0 Å². The Bertz CT molecular complexity index is 444. The number of hydrogen-bond donors (Lipinski definition) is 0. The van der Waals surface area contributed by atoms with Crippen LogP contribution in [0.4, 0.5) is 0 Å². The van der Waals surface area contributed by atoms with Gasteiger partial charge in [-0.1, -0.05) is 0 Å². The Balaban J connectivity index is 3.05. The van der Waals surface area contributed by atoms with E-state index in [1.54, 1.807) is 22.8 Å². The first kappa shape index (κ1) is 6.84. The van der Waals surface area contributed by atoms with Crippen LogP contribution in [-0.4, -0.2) is 12.4 Å². The van der Waals surface area contributed by atoms with Gasteiger partial charge >= 0.3 is 0 Å². The molecule has 5 heteroatoms. The van der Waals surface area contributed by atoms with Crippen molar-refractivity contribution in [3.05, 3.63) is 35.0 Å². The first-order valence-corrected chi connectivity index (χ1v) is 3.97. The summed E-state index contributed by atoms with van der Waals surface area (Å²) in [5.74, 6) is 0. The average molecular weight is 261 g/mol. The van der Waals surface area contributed by atoms with E-state index < -0.39 is 0 Å². The predicted molar refractivity (Wildman–Crippen MR) is 48.9 cm³/mol. The van der Waals surface area contributed by atoms with Crippen molar-refractivity contribution in [3.8, 4) is 0 Å². The molecule has 4 nitrogen and oxygen atoms in total. The minimum Gasteiger partial charge on any atom is -0.266 e. The van der Waals surface area contributed by atoms with Crippen molar-refractivity contribution in [1.82, 2.24) is 12.4 Å². The smallest absolute Gasteiger partial charge is 0.266 e. The summed E-state index contributed by atoms with van der Waals surface area (Å²) < 4.78 is 2.98. The van der Waals surface area contributed by atoms with Crippen molar-refractivity contribution in [2.24, 2.45) is 0 Å². The highest BCUT2D eigenvalue weighted by atomic mass is 127. The minimum atomic E-state index is -0.0365. The molecule has 0 saturated heterocycles. The molecule has 0 unspecified atom stereocenters. The molecule has 0 radical (unpaired) electrons. The van der Waals surface area contributed by atoms with Gasteiger partial charge in [-0.3, -0.25) is 4.79 Å². The van der Waals surface area contributed by atoms with Crippen molar-refractivity contribution in [2.45, 2.75) is 0 Å². The molecule has 2 rings (SSSR count). The van der Waals surface area contributed by atoms with E-state index in [1.807, 2.05) is 22.9 Å². The lowest BCUT2D eigenvalue weighted by Crippen LogP contribution is -2.15. The molecule has 0 aromatic carbocycles. The van der Waals surface area contributed by atoms with E-state index in [9.17, 15) is 4.79 Å². The third kappa shape index (κ3) is 0.953. The van der Waals surface area contributed by atoms with Crippen LogP contribution < -0.4 is 5.56 Å². The summed E-state index contributed by atoms with van der Waals surface area (Å²) in [6.07, 6.45) is 3.23. The maximum atomic E-state index is 11.3. The van der Waals surface area contributed by atoms with E-state index in [0.717, 1.165) is 0 Å². The molecule has 0 spiro atoms. The van der Waals surface area contributed by atoms with E-state index in [1.165, 1.54) is 9.11 Å². The second kappa shape index (κ2) is 2.33. The van der Waals surface area contributed by atoms with E-state index in [-0.39, 0.29) is 5.56 Å². The molecular formula is C6H4IN3O. The molecule has 0 aliphatic heterocycles. The summed E-state index contributed by atoms with van der Waals surface area (Å²) >= 11 is 1.90. The predicted octanol–water partition coefficient (Wildman–Crippen LogP) is 0.694. The SMILES string of the molecule is O=c1c2cccn2ncn1I. The minimum absolute atomic E-state index is 0.0365. The summed E-state index contributed by atoms with van der Waals surface area (Å²) in [5.41, 5.74) is 0.563. The summed E-state index contributed by atoms with van der Waals surface area (Å²) in [5, 5.41) is 3.97.